The van der Waals surface area contributed by atoms with Crippen LogP contribution in [-0.4, -0.2) is 22.2 Å². The number of hydrogen-bond donors (Lipinski definition) is 3. The van der Waals surface area contributed by atoms with Gasteiger partial charge >= 0.3 is 5.97 Å². The van der Waals surface area contributed by atoms with Crippen LogP contribution in [0.25, 0.3) is 11.1 Å². The van der Waals surface area contributed by atoms with E-state index in [0.29, 0.717) is 6.42 Å². The molecule has 98 valence electrons. The Hall–Kier alpha value is -2.33. The molecule has 0 unspecified atom stereocenters. The van der Waals surface area contributed by atoms with Gasteiger partial charge in [0.25, 0.3) is 0 Å². The average molecular weight is 257 g/mol. The molecule has 2 aromatic rings. The van der Waals surface area contributed by atoms with Gasteiger partial charge in [-0.3, -0.25) is 4.79 Å². The Morgan fingerprint density at radius 3 is 2.37 bits per heavy atom. The molecule has 0 amide bonds. The van der Waals surface area contributed by atoms with Gasteiger partial charge in [0.05, 0.1) is 0 Å². The molecular formula is C15H15NO3. The van der Waals surface area contributed by atoms with Gasteiger partial charge in [0.2, 0.25) is 0 Å². The number of phenolic OH excluding ortho intramolecular Hbond substituents is 1. The van der Waals surface area contributed by atoms with Crippen LogP contribution in [0.4, 0.5) is 0 Å². The fourth-order valence-corrected chi connectivity index (χ4v) is 1.86. The Morgan fingerprint density at radius 2 is 1.79 bits per heavy atom. The number of aliphatic carboxylic acids is 1. The van der Waals surface area contributed by atoms with Gasteiger partial charge < -0.3 is 15.9 Å². The summed E-state index contributed by atoms with van der Waals surface area (Å²) < 4.78 is 0. The normalized spacial score (nSPS) is 12.1. The van der Waals surface area contributed by atoms with Crippen LogP contribution in [0.15, 0.2) is 48.5 Å². The number of carboxylic acid groups (broad SMARTS) is 1. The topological polar surface area (TPSA) is 83.5 Å². The van der Waals surface area contributed by atoms with Crippen LogP contribution in [0.1, 0.15) is 5.56 Å². The summed E-state index contributed by atoms with van der Waals surface area (Å²) in [5.41, 5.74) is 8.23. The fourth-order valence-electron chi connectivity index (χ4n) is 1.86. The highest BCUT2D eigenvalue weighted by Crippen LogP contribution is 2.23. The zero-order valence-electron chi connectivity index (χ0n) is 10.3. The lowest BCUT2D eigenvalue weighted by atomic mass is 10.0. The molecule has 0 spiro atoms. The van der Waals surface area contributed by atoms with Gasteiger partial charge in [-0.25, -0.2) is 0 Å². The maximum atomic E-state index is 10.7. The maximum absolute atomic E-state index is 10.7. The zero-order chi connectivity index (χ0) is 13.8. The fraction of sp³-hybridized carbons (Fsp3) is 0.133. The standard InChI is InChI=1S/C15H15NO3/c16-14(15(18)19)8-10-4-6-11(7-5-10)12-2-1-3-13(17)9-12/h1-7,9,14,17H,8,16H2,(H,18,19)/t14-/m1/s1. The van der Waals surface area contributed by atoms with E-state index in [1.807, 2.05) is 30.3 Å². The van der Waals surface area contributed by atoms with Crippen LogP contribution >= 0.6 is 0 Å². The molecule has 0 bridgehead atoms. The van der Waals surface area contributed by atoms with Gasteiger partial charge in [0.15, 0.2) is 0 Å². The van der Waals surface area contributed by atoms with Crippen molar-refractivity contribution < 1.29 is 15.0 Å². The van der Waals surface area contributed by atoms with Crippen LogP contribution in [0.5, 0.6) is 5.75 Å². The van der Waals surface area contributed by atoms with Gasteiger partial charge in [-0.2, -0.15) is 0 Å². The summed E-state index contributed by atoms with van der Waals surface area (Å²) in [4.78, 5) is 10.7. The van der Waals surface area contributed by atoms with Crippen LogP contribution in [0.3, 0.4) is 0 Å². The minimum absolute atomic E-state index is 0.217. The largest absolute Gasteiger partial charge is 0.508 e. The van der Waals surface area contributed by atoms with E-state index < -0.39 is 12.0 Å². The minimum Gasteiger partial charge on any atom is -0.508 e. The van der Waals surface area contributed by atoms with Gasteiger partial charge in [0.1, 0.15) is 11.8 Å². The van der Waals surface area contributed by atoms with E-state index in [1.165, 1.54) is 0 Å². The van der Waals surface area contributed by atoms with Crippen LogP contribution in [0.2, 0.25) is 0 Å². The molecule has 4 nitrogen and oxygen atoms in total. The van der Waals surface area contributed by atoms with Crippen molar-refractivity contribution >= 4 is 5.97 Å². The molecule has 0 aliphatic carbocycles. The van der Waals surface area contributed by atoms with Crippen molar-refractivity contribution in [2.24, 2.45) is 5.73 Å². The van der Waals surface area contributed by atoms with Gasteiger partial charge in [0, 0.05) is 0 Å². The first-order valence-electron chi connectivity index (χ1n) is 5.93. The Balaban J connectivity index is 2.17. The van der Waals surface area contributed by atoms with Crippen molar-refractivity contribution in [1.82, 2.24) is 0 Å². The van der Waals surface area contributed by atoms with Crippen molar-refractivity contribution in [2.45, 2.75) is 12.5 Å². The first-order chi connectivity index (χ1) is 9.06. The van der Waals surface area contributed by atoms with Crippen molar-refractivity contribution in [1.29, 1.82) is 0 Å². The Morgan fingerprint density at radius 1 is 1.11 bits per heavy atom. The number of nitrogens with two attached hydrogens (primary N) is 1. The molecule has 0 saturated carbocycles. The SMILES string of the molecule is N[C@H](Cc1ccc(-c2cccc(O)c2)cc1)C(=O)O. The second kappa shape index (κ2) is 5.54. The lowest BCUT2D eigenvalue weighted by Gasteiger charge is -2.08. The number of hydrogen-bond acceptors (Lipinski definition) is 3. The monoisotopic (exact) mass is 257 g/mol. The molecule has 0 heterocycles. The molecule has 1 atom stereocenters. The second-order valence-corrected chi connectivity index (χ2v) is 4.40. The van der Waals surface area contributed by atoms with Crippen molar-refractivity contribution in [3.05, 3.63) is 54.1 Å². The number of rotatable bonds is 4. The molecule has 0 aliphatic rings. The summed E-state index contributed by atoms with van der Waals surface area (Å²) in [5, 5.41) is 18.2. The number of phenols is 1. The highest BCUT2D eigenvalue weighted by Gasteiger charge is 2.11. The van der Waals surface area contributed by atoms with Crippen molar-refractivity contribution in [3.8, 4) is 16.9 Å². The molecule has 0 fully saturated rings. The number of benzene rings is 2. The third-order valence-corrected chi connectivity index (χ3v) is 2.91. The van der Waals surface area contributed by atoms with Crippen LogP contribution < -0.4 is 5.73 Å². The summed E-state index contributed by atoms with van der Waals surface area (Å²) in [7, 11) is 0. The van der Waals surface area contributed by atoms with Gasteiger partial charge in [-0.15, -0.1) is 0 Å². The number of carboxylic acids is 1. The molecule has 2 aromatic carbocycles. The van der Waals surface area contributed by atoms with Crippen molar-refractivity contribution in [3.63, 3.8) is 0 Å². The first kappa shape index (κ1) is 13.1. The third-order valence-electron chi connectivity index (χ3n) is 2.91. The summed E-state index contributed by atoms with van der Waals surface area (Å²) in [6, 6.07) is 13.6. The van der Waals surface area contributed by atoms with E-state index in [9.17, 15) is 9.90 Å². The van der Waals surface area contributed by atoms with Gasteiger partial charge in [-0.1, -0.05) is 36.4 Å². The summed E-state index contributed by atoms with van der Waals surface area (Å²) in [6.45, 7) is 0. The number of carbonyl (C=O) groups is 1. The van der Waals surface area contributed by atoms with Crippen LogP contribution in [-0.2, 0) is 11.2 Å². The molecule has 0 aliphatic heterocycles. The predicted octanol–water partition coefficient (Wildman–Crippen LogP) is 2.01. The lowest BCUT2D eigenvalue weighted by Crippen LogP contribution is -2.32. The zero-order valence-corrected chi connectivity index (χ0v) is 10.3. The minimum atomic E-state index is -1.00. The summed E-state index contributed by atoms with van der Waals surface area (Å²) >= 11 is 0. The van der Waals surface area contributed by atoms with E-state index in [4.69, 9.17) is 10.8 Å². The summed E-state index contributed by atoms with van der Waals surface area (Å²) in [5.74, 6) is -0.786. The molecule has 2 rings (SSSR count). The molecule has 0 radical (unpaired) electrons. The van der Waals surface area contributed by atoms with E-state index in [1.54, 1.807) is 18.2 Å². The maximum Gasteiger partial charge on any atom is 0.320 e. The van der Waals surface area contributed by atoms with E-state index in [2.05, 4.69) is 0 Å². The smallest absolute Gasteiger partial charge is 0.320 e. The van der Waals surface area contributed by atoms with Crippen LogP contribution in [0, 0.1) is 0 Å². The molecule has 4 N–H and O–H groups in total. The average Bonchev–Trinajstić information content (AvgIpc) is 2.39. The molecule has 0 aromatic heterocycles. The highest BCUT2D eigenvalue weighted by atomic mass is 16.4. The predicted molar refractivity (Wildman–Crippen MR) is 72.9 cm³/mol. The molecule has 19 heavy (non-hydrogen) atoms. The Labute approximate surface area is 111 Å². The quantitative estimate of drug-likeness (QED) is 0.782. The Bertz CT molecular complexity index is 578. The first-order valence-corrected chi connectivity index (χ1v) is 5.93. The van der Waals surface area contributed by atoms with Gasteiger partial charge in [-0.05, 0) is 35.2 Å². The molecule has 4 heteroatoms. The molecular weight excluding hydrogens is 242 g/mol. The van der Waals surface area contributed by atoms with E-state index in [-0.39, 0.29) is 5.75 Å². The lowest BCUT2D eigenvalue weighted by molar-refractivity contribution is -0.138. The van der Waals surface area contributed by atoms with Crippen molar-refractivity contribution in [2.75, 3.05) is 0 Å². The van der Waals surface area contributed by atoms with E-state index >= 15 is 0 Å². The second-order valence-electron chi connectivity index (χ2n) is 4.40. The Kier molecular flexibility index (Phi) is 3.82. The summed E-state index contributed by atoms with van der Waals surface area (Å²) in [6.07, 6.45) is 0.301. The highest BCUT2D eigenvalue weighted by molar-refractivity contribution is 5.73. The third kappa shape index (κ3) is 3.33. The number of aromatic hydroxyl groups is 1. The van der Waals surface area contributed by atoms with E-state index in [0.717, 1.165) is 16.7 Å². The molecule has 0 saturated heterocycles.